The lowest BCUT2D eigenvalue weighted by molar-refractivity contribution is 0.395. The van der Waals surface area contributed by atoms with Gasteiger partial charge in [0.25, 0.3) is 0 Å². The maximum Gasteiger partial charge on any atom is 0.194 e. The Morgan fingerprint density at radius 2 is 2.13 bits per heavy atom. The monoisotopic (exact) mass is 430 g/mol. The number of nitrogens with zero attached hydrogens (tertiary/aromatic N) is 5. The van der Waals surface area contributed by atoms with Gasteiger partial charge in [-0.2, -0.15) is 5.10 Å². The highest BCUT2D eigenvalue weighted by atomic mass is 127. The van der Waals surface area contributed by atoms with E-state index in [1.165, 1.54) is 0 Å². The molecule has 0 bridgehead atoms. The fraction of sp³-hybridized carbons (Fsp3) is 0.400. The molecule has 8 heteroatoms. The molecule has 0 spiro atoms. The number of nitrogens with one attached hydrogen (secondary N) is 1. The Morgan fingerprint density at radius 3 is 2.74 bits per heavy atom. The summed E-state index contributed by atoms with van der Waals surface area (Å²) in [4.78, 5) is 10.5. The molecule has 0 saturated carbocycles. The summed E-state index contributed by atoms with van der Waals surface area (Å²) >= 11 is 0. The zero-order chi connectivity index (χ0) is 15.9. The third-order valence-electron chi connectivity index (χ3n) is 3.38. The van der Waals surface area contributed by atoms with E-state index in [4.69, 9.17) is 4.74 Å². The number of aryl methyl sites for hydroxylation is 1. The standard InChI is InChI=1S/C15H22N6O.HI/c1-16-15(17-9-14-18-11-19-21(14)3)20(2)10-12-7-5-6-8-13(12)22-4;/h5-8,11H,9-10H2,1-4H3,(H,16,17);1H. The zero-order valence-electron chi connectivity index (χ0n) is 13.9. The van der Waals surface area contributed by atoms with Crippen molar-refractivity contribution in [2.24, 2.45) is 12.0 Å². The summed E-state index contributed by atoms with van der Waals surface area (Å²) in [6.07, 6.45) is 1.54. The van der Waals surface area contributed by atoms with Crippen molar-refractivity contribution in [3.05, 3.63) is 42.0 Å². The van der Waals surface area contributed by atoms with E-state index >= 15 is 0 Å². The van der Waals surface area contributed by atoms with Crippen LogP contribution in [0.3, 0.4) is 0 Å². The van der Waals surface area contributed by atoms with Crippen molar-refractivity contribution in [3.8, 4) is 5.75 Å². The van der Waals surface area contributed by atoms with Gasteiger partial charge in [0.05, 0.1) is 13.7 Å². The molecule has 0 aliphatic carbocycles. The van der Waals surface area contributed by atoms with Crippen LogP contribution in [-0.4, -0.2) is 46.8 Å². The van der Waals surface area contributed by atoms with E-state index in [1.54, 1.807) is 25.2 Å². The van der Waals surface area contributed by atoms with Gasteiger partial charge in [0.1, 0.15) is 17.9 Å². The molecule has 126 valence electrons. The lowest BCUT2D eigenvalue weighted by atomic mass is 10.2. The van der Waals surface area contributed by atoms with Crippen molar-refractivity contribution >= 4 is 29.9 Å². The van der Waals surface area contributed by atoms with Crippen LogP contribution in [-0.2, 0) is 20.1 Å². The molecule has 0 amide bonds. The van der Waals surface area contributed by atoms with Crippen LogP contribution in [0.4, 0.5) is 0 Å². The van der Waals surface area contributed by atoms with E-state index < -0.39 is 0 Å². The fourth-order valence-electron chi connectivity index (χ4n) is 2.19. The van der Waals surface area contributed by atoms with Crippen molar-refractivity contribution in [1.82, 2.24) is 25.0 Å². The molecule has 0 aliphatic heterocycles. The number of hydrogen-bond acceptors (Lipinski definition) is 4. The summed E-state index contributed by atoms with van der Waals surface area (Å²) < 4.78 is 7.12. The predicted octanol–water partition coefficient (Wildman–Crippen LogP) is 1.65. The number of rotatable bonds is 5. The first kappa shape index (κ1) is 19.2. The quantitative estimate of drug-likeness (QED) is 0.444. The average molecular weight is 430 g/mol. The van der Waals surface area contributed by atoms with Crippen LogP contribution in [0.5, 0.6) is 5.75 Å². The molecule has 0 atom stereocenters. The Balaban J connectivity index is 0.00000264. The topological polar surface area (TPSA) is 67.6 Å². The molecule has 0 saturated heterocycles. The van der Waals surface area contributed by atoms with E-state index in [9.17, 15) is 0 Å². The highest BCUT2D eigenvalue weighted by molar-refractivity contribution is 14.0. The largest absolute Gasteiger partial charge is 0.496 e. The first-order valence-electron chi connectivity index (χ1n) is 7.02. The molecule has 0 radical (unpaired) electrons. The van der Waals surface area contributed by atoms with Gasteiger partial charge in [0.15, 0.2) is 5.96 Å². The summed E-state index contributed by atoms with van der Waals surface area (Å²) in [5.74, 6) is 2.51. The highest BCUT2D eigenvalue weighted by Crippen LogP contribution is 2.18. The SMILES string of the molecule is CN=C(NCc1ncnn1C)N(C)Cc1ccccc1OC.I. The molecule has 1 aromatic heterocycles. The van der Waals surface area contributed by atoms with Crippen LogP contribution < -0.4 is 10.1 Å². The van der Waals surface area contributed by atoms with E-state index in [2.05, 4.69) is 20.4 Å². The molecule has 0 aliphatic rings. The Kier molecular flexibility index (Phi) is 7.79. The van der Waals surface area contributed by atoms with E-state index in [0.717, 1.165) is 23.1 Å². The van der Waals surface area contributed by atoms with Crippen molar-refractivity contribution in [1.29, 1.82) is 0 Å². The maximum absolute atomic E-state index is 5.39. The number of hydrogen-bond donors (Lipinski definition) is 1. The van der Waals surface area contributed by atoms with Gasteiger partial charge < -0.3 is 15.0 Å². The third kappa shape index (κ3) is 5.08. The van der Waals surface area contributed by atoms with Gasteiger partial charge in [-0.3, -0.25) is 9.67 Å². The van der Waals surface area contributed by atoms with Crippen molar-refractivity contribution < 1.29 is 4.74 Å². The Hall–Kier alpha value is -1.84. The highest BCUT2D eigenvalue weighted by Gasteiger charge is 2.10. The summed E-state index contributed by atoms with van der Waals surface area (Å²) in [5.41, 5.74) is 1.11. The van der Waals surface area contributed by atoms with Crippen molar-refractivity contribution in [2.45, 2.75) is 13.1 Å². The Labute approximate surface area is 153 Å². The molecular formula is C15H23IN6O. The Bertz CT molecular complexity index is 642. The van der Waals surface area contributed by atoms with Gasteiger partial charge in [-0.15, -0.1) is 24.0 Å². The maximum atomic E-state index is 5.39. The summed E-state index contributed by atoms with van der Waals surface area (Å²) in [6.45, 7) is 1.27. The molecule has 0 fully saturated rings. The molecule has 2 aromatic rings. The van der Waals surface area contributed by atoms with Crippen molar-refractivity contribution in [2.75, 3.05) is 21.2 Å². The molecular weight excluding hydrogens is 407 g/mol. The number of ether oxygens (including phenoxy) is 1. The van der Waals surface area contributed by atoms with Crippen LogP contribution >= 0.6 is 24.0 Å². The number of aliphatic imine (C=N–C) groups is 1. The average Bonchev–Trinajstić information content (AvgIpc) is 2.94. The molecule has 0 unspecified atom stereocenters. The van der Waals surface area contributed by atoms with Crippen LogP contribution in [0.15, 0.2) is 35.6 Å². The van der Waals surface area contributed by atoms with Crippen LogP contribution in [0.1, 0.15) is 11.4 Å². The van der Waals surface area contributed by atoms with Gasteiger partial charge in [-0.1, -0.05) is 18.2 Å². The van der Waals surface area contributed by atoms with Gasteiger partial charge in [0, 0.05) is 33.3 Å². The number of para-hydroxylation sites is 1. The smallest absolute Gasteiger partial charge is 0.194 e. The zero-order valence-corrected chi connectivity index (χ0v) is 16.2. The number of methoxy groups -OCH3 is 1. The second-order valence-corrected chi connectivity index (χ2v) is 4.87. The van der Waals surface area contributed by atoms with Gasteiger partial charge in [-0.05, 0) is 6.07 Å². The van der Waals surface area contributed by atoms with E-state index in [-0.39, 0.29) is 24.0 Å². The van der Waals surface area contributed by atoms with E-state index in [0.29, 0.717) is 13.1 Å². The van der Waals surface area contributed by atoms with Gasteiger partial charge in [-0.25, -0.2) is 4.98 Å². The molecule has 7 nitrogen and oxygen atoms in total. The minimum atomic E-state index is 0. The predicted molar refractivity (Wildman–Crippen MR) is 101 cm³/mol. The second kappa shape index (κ2) is 9.33. The minimum Gasteiger partial charge on any atom is -0.496 e. The van der Waals surface area contributed by atoms with E-state index in [1.807, 2.05) is 43.3 Å². The van der Waals surface area contributed by atoms with Crippen LogP contribution in [0.2, 0.25) is 0 Å². The molecule has 1 N–H and O–H groups in total. The first-order chi connectivity index (χ1) is 10.7. The molecule has 1 heterocycles. The minimum absolute atomic E-state index is 0. The number of guanidine groups is 1. The summed E-state index contributed by atoms with van der Waals surface area (Å²) in [7, 11) is 7.29. The third-order valence-corrected chi connectivity index (χ3v) is 3.38. The number of halogens is 1. The fourth-order valence-corrected chi connectivity index (χ4v) is 2.19. The van der Waals surface area contributed by atoms with Crippen molar-refractivity contribution in [3.63, 3.8) is 0 Å². The normalized spacial score (nSPS) is 10.9. The first-order valence-corrected chi connectivity index (χ1v) is 7.02. The lowest BCUT2D eigenvalue weighted by Crippen LogP contribution is -2.38. The number of benzene rings is 1. The molecule has 2 rings (SSSR count). The van der Waals surface area contributed by atoms with Crippen LogP contribution in [0.25, 0.3) is 0 Å². The summed E-state index contributed by atoms with van der Waals surface area (Å²) in [5, 5.41) is 7.33. The molecule has 23 heavy (non-hydrogen) atoms. The number of aromatic nitrogens is 3. The van der Waals surface area contributed by atoms with Gasteiger partial charge >= 0.3 is 0 Å². The van der Waals surface area contributed by atoms with Gasteiger partial charge in [0.2, 0.25) is 0 Å². The Morgan fingerprint density at radius 1 is 1.39 bits per heavy atom. The van der Waals surface area contributed by atoms with Crippen LogP contribution in [0, 0.1) is 0 Å². The second-order valence-electron chi connectivity index (χ2n) is 4.87. The summed E-state index contributed by atoms with van der Waals surface area (Å²) in [6, 6.07) is 7.97. The lowest BCUT2D eigenvalue weighted by Gasteiger charge is -2.22. The molecule has 1 aromatic carbocycles.